The summed E-state index contributed by atoms with van der Waals surface area (Å²) in [5, 5.41) is 6.59. The average Bonchev–Trinajstić information content (AvgIpc) is 3.16. The number of hydrogen-bond acceptors (Lipinski definition) is 4. The minimum atomic E-state index is -0.659. The minimum absolute atomic E-state index is 0.0625. The van der Waals surface area contributed by atoms with Crippen LogP contribution < -0.4 is 10.6 Å². The Labute approximate surface area is 143 Å². The highest BCUT2D eigenvalue weighted by molar-refractivity contribution is 5.87. The Kier molecular flexibility index (Phi) is 5.72. The number of amides is 1. The number of rotatable bonds is 6. The van der Waals surface area contributed by atoms with Gasteiger partial charge in [-0.2, -0.15) is 0 Å². The molecule has 1 unspecified atom stereocenters. The Morgan fingerprint density at radius 2 is 1.88 bits per heavy atom. The highest BCUT2D eigenvalue weighted by atomic mass is 16.3. The average molecular weight is 332 g/mol. The molecule has 0 radical (unpaired) electrons. The molecular weight excluding hydrogens is 304 g/mol. The van der Waals surface area contributed by atoms with Crippen LogP contribution in [0.3, 0.4) is 0 Å². The monoisotopic (exact) mass is 332 g/mol. The zero-order valence-electron chi connectivity index (χ0n) is 14.3. The van der Waals surface area contributed by atoms with Crippen LogP contribution >= 0.6 is 0 Å². The van der Waals surface area contributed by atoms with E-state index in [9.17, 15) is 9.59 Å². The summed E-state index contributed by atoms with van der Waals surface area (Å²) >= 11 is 0. The lowest BCUT2D eigenvalue weighted by Gasteiger charge is -2.39. The summed E-state index contributed by atoms with van der Waals surface area (Å²) in [6.07, 6.45) is 12.9. The van der Waals surface area contributed by atoms with Gasteiger partial charge in [0.15, 0.2) is 0 Å². The molecule has 2 aliphatic rings. The quantitative estimate of drug-likeness (QED) is 0.784. The first-order valence-corrected chi connectivity index (χ1v) is 9.31. The van der Waals surface area contributed by atoms with Crippen LogP contribution in [0.25, 0.3) is 0 Å². The first-order valence-electron chi connectivity index (χ1n) is 9.31. The molecule has 1 aromatic rings. The summed E-state index contributed by atoms with van der Waals surface area (Å²) in [7, 11) is 0. The normalized spacial score (nSPS) is 22.7. The zero-order valence-corrected chi connectivity index (χ0v) is 14.3. The highest BCUT2D eigenvalue weighted by Gasteiger charge is 2.42. The van der Waals surface area contributed by atoms with Crippen LogP contribution in [0.4, 0.5) is 0 Å². The Balaban J connectivity index is 1.73. The number of aldehydes is 1. The fourth-order valence-electron chi connectivity index (χ4n) is 4.10. The maximum atomic E-state index is 13.1. The van der Waals surface area contributed by atoms with E-state index in [1.54, 1.807) is 18.4 Å². The van der Waals surface area contributed by atoms with Crippen molar-refractivity contribution in [1.82, 2.24) is 10.6 Å². The first-order chi connectivity index (χ1) is 11.7. The van der Waals surface area contributed by atoms with E-state index in [1.165, 1.54) is 19.3 Å². The molecule has 5 heteroatoms. The van der Waals surface area contributed by atoms with Crippen molar-refractivity contribution in [3.8, 4) is 0 Å². The highest BCUT2D eigenvalue weighted by Crippen LogP contribution is 2.32. The van der Waals surface area contributed by atoms with Crippen LogP contribution in [-0.4, -0.2) is 23.8 Å². The summed E-state index contributed by atoms with van der Waals surface area (Å²) in [5.41, 5.74) is -0.659. The second-order valence-electron chi connectivity index (χ2n) is 7.22. The molecule has 1 amide bonds. The molecule has 2 N–H and O–H groups in total. The predicted molar refractivity (Wildman–Crippen MR) is 91.5 cm³/mol. The second kappa shape index (κ2) is 7.97. The second-order valence-corrected chi connectivity index (χ2v) is 7.22. The molecule has 2 aliphatic carbocycles. The van der Waals surface area contributed by atoms with Gasteiger partial charge in [-0.15, -0.1) is 0 Å². The Bertz CT molecular complexity index is 529. The maximum absolute atomic E-state index is 13.1. The van der Waals surface area contributed by atoms with Crippen molar-refractivity contribution in [2.75, 3.05) is 0 Å². The molecule has 2 fully saturated rings. The molecule has 0 saturated heterocycles. The molecule has 132 valence electrons. The van der Waals surface area contributed by atoms with Gasteiger partial charge in [0.25, 0.3) is 0 Å². The number of nitrogens with one attached hydrogen (secondary N) is 2. The first kappa shape index (κ1) is 17.2. The number of furan rings is 1. The van der Waals surface area contributed by atoms with Crippen molar-refractivity contribution in [2.24, 2.45) is 0 Å². The van der Waals surface area contributed by atoms with Gasteiger partial charge in [0, 0.05) is 6.04 Å². The van der Waals surface area contributed by atoms with Gasteiger partial charge < -0.3 is 14.5 Å². The molecule has 2 saturated carbocycles. The van der Waals surface area contributed by atoms with Crippen LogP contribution in [0.1, 0.15) is 76.0 Å². The van der Waals surface area contributed by atoms with E-state index >= 15 is 0 Å². The van der Waals surface area contributed by atoms with Crippen molar-refractivity contribution < 1.29 is 14.0 Å². The number of hydrogen-bond donors (Lipinski definition) is 2. The third kappa shape index (κ3) is 3.89. The lowest BCUT2D eigenvalue weighted by Crippen LogP contribution is -2.60. The van der Waals surface area contributed by atoms with Gasteiger partial charge in [0.1, 0.15) is 18.1 Å². The Morgan fingerprint density at radius 3 is 2.50 bits per heavy atom. The van der Waals surface area contributed by atoms with E-state index < -0.39 is 11.6 Å². The van der Waals surface area contributed by atoms with Gasteiger partial charge in [-0.3, -0.25) is 10.1 Å². The number of carbonyl (C=O) groups is 2. The van der Waals surface area contributed by atoms with Gasteiger partial charge in [0.05, 0.1) is 11.8 Å². The van der Waals surface area contributed by atoms with Crippen LogP contribution in [0.5, 0.6) is 0 Å². The minimum Gasteiger partial charge on any atom is -0.467 e. The number of carbonyl (C=O) groups excluding carboxylic acids is 2. The van der Waals surface area contributed by atoms with Crippen molar-refractivity contribution in [3.63, 3.8) is 0 Å². The SMILES string of the molecule is O=CC(NC1(C(=O)NC2CCCCC2)CCCCC1)c1ccco1. The van der Waals surface area contributed by atoms with Crippen molar-refractivity contribution in [3.05, 3.63) is 24.2 Å². The van der Waals surface area contributed by atoms with E-state index in [0.717, 1.165) is 51.2 Å². The summed E-state index contributed by atoms with van der Waals surface area (Å²) < 4.78 is 5.38. The smallest absolute Gasteiger partial charge is 0.240 e. The molecule has 1 heterocycles. The van der Waals surface area contributed by atoms with E-state index in [1.807, 2.05) is 0 Å². The summed E-state index contributed by atoms with van der Waals surface area (Å²) in [4.78, 5) is 24.7. The Morgan fingerprint density at radius 1 is 1.17 bits per heavy atom. The summed E-state index contributed by atoms with van der Waals surface area (Å²) in [5.74, 6) is 0.632. The molecule has 0 aliphatic heterocycles. The van der Waals surface area contributed by atoms with Gasteiger partial charge >= 0.3 is 0 Å². The lowest BCUT2D eigenvalue weighted by molar-refractivity contribution is -0.131. The summed E-state index contributed by atoms with van der Waals surface area (Å²) in [6.45, 7) is 0. The third-order valence-corrected chi connectivity index (χ3v) is 5.50. The van der Waals surface area contributed by atoms with Crippen LogP contribution in [0.2, 0.25) is 0 Å². The molecule has 24 heavy (non-hydrogen) atoms. The maximum Gasteiger partial charge on any atom is 0.240 e. The fraction of sp³-hybridized carbons (Fsp3) is 0.684. The predicted octanol–water partition coefficient (Wildman–Crippen LogP) is 3.26. The van der Waals surface area contributed by atoms with E-state index in [0.29, 0.717) is 5.76 Å². The van der Waals surface area contributed by atoms with Gasteiger partial charge in [-0.25, -0.2) is 0 Å². The van der Waals surface area contributed by atoms with E-state index in [4.69, 9.17) is 4.42 Å². The van der Waals surface area contributed by atoms with Crippen LogP contribution in [0.15, 0.2) is 22.8 Å². The van der Waals surface area contributed by atoms with E-state index in [2.05, 4.69) is 10.6 Å². The molecule has 0 aromatic carbocycles. The van der Waals surface area contributed by atoms with Crippen LogP contribution in [0, 0.1) is 0 Å². The Hall–Kier alpha value is -1.62. The summed E-state index contributed by atoms with van der Waals surface area (Å²) in [6, 6.07) is 3.26. The molecule has 0 bridgehead atoms. The topological polar surface area (TPSA) is 71.3 Å². The van der Waals surface area contributed by atoms with Gasteiger partial charge in [-0.1, -0.05) is 38.5 Å². The molecule has 1 aromatic heterocycles. The third-order valence-electron chi connectivity index (χ3n) is 5.50. The van der Waals surface area contributed by atoms with Gasteiger partial charge in [0.2, 0.25) is 5.91 Å². The standard InChI is InChI=1S/C19H28N2O3/c22-14-16(17-10-7-13-24-17)21-19(11-5-2-6-12-19)18(23)20-15-8-3-1-4-9-15/h7,10,13-16,21H,1-6,8-9,11-12H2,(H,20,23). The van der Waals surface area contributed by atoms with E-state index in [-0.39, 0.29) is 11.9 Å². The largest absolute Gasteiger partial charge is 0.467 e. The molecule has 3 rings (SSSR count). The molecule has 0 spiro atoms. The fourth-order valence-corrected chi connectivity index (χ4v) is 4.10. The van der Waals surface area contributed by atoms with Gasteiger partial charge in [-0.05, 0) is 37.8 Å². The molecular formula is C19H28N2O3. The van der Waals surface area contributed by atoms with Crippen molar-refractivity contribution in [1.29, 1.82) is 0 Å². The molecule has 1 atom stereocenters. The molecule has 5 nitrogen and oxygen atoms in total. The van der Waals surface area contributed by atoms with Crippen molar-refractivity contribution in [2.45, 2.75) is 81.8 Å². The zero-order chi connectivity index (χ0) is 16.8. The van der Waals surface area contributed by atoms with Crippen LogP contribution in [-0.2, 0) is 9.59 Å². The lowest BCUT2D eigenvalue weighted by atomic mass is 9.79. The van der Waals surface area contributed by atoms with Crippen molar-refractivity contribution >= 4 is 12.2 Å².